The Morgan fingerprint density at radius 3 is 2.70 bits per heavy atom. The Hall–Kier alpha value is -1.30. The van der Waals surface area contributed by atoms with Gasteiger partial charge in [0.15, 0.2) is 5.79 Å². The number of rotatable bonds is 3. The molecule has 1 N–H and O–H groups in total. The summed E-state index contributed by atoms with van der Waals surface area (Å²) in [6.45, 7) is 2.42. The summed E-state index contributed by atoms with van der Waals surface area (Å²) in [5.41, 5.74) is 0.988. The predicted molar refractivity (Wildman–Crippen MR) is 74.2 cm³/mol. The van der Waals surface area contributed by atoms with Crippen LogP contribution in [0.15, 0.2) is 18.2 Å². The smallest absolute Gasteiger partial charge is 0.171 e. The number of piperidine rings is 1. The second-order valence-corrected chi connectivity index (χ2v) is 5.19. The Morgan fingerprint density at radius 1 is 1.20 bits per heavy atom. The third kappa shape index (κ3) is 2.49. The van der Waals surface area contributed by atoms with Crippen molar-refractivity contribution >= 4 is 0 Å². The van der Waals surface area contributed by atoms with Crippen molar-refractivity contribution in [2.75, 3.05) is 33.9 Å². The number of hydrogen-bond donors (Lipinski definition) is 1. The predicted octanol–water partition coefficient (Wildman–Crippen LogP) is 1.87. The fourth-order valence-electron chi connectivity index (χ4n) is 2.87. The van der Waals surface area contributed by atoms with Crippen LogP contribution < -0.4 is 14.8 Å². The molecule has 2 fully saturated rings. The zero-order chi connectivity index (χ0) is 14.0. The van der Waals surface area contributed by atoms with E-state index in [-0.39, 0.29) is 6.10 Å². The first kappa shape index (κ1) is 13.7. The maximum Gasteiger partial charge on any atom is 0.171 e. The van der Waals surface area contributed by atoms with Crippen molar-refractivity contribution in [2.24, 2.45) is 0 Å². The van der Waals surface area contributed by atoms with Gasteiger partial charge in [0, 0.05) is 31.5 Å². The number of nitrogens with one attached hydrogen (secondary N) is 1. The minimum Gasteiger partial charge on any atom is -0.497 e. The second kappa shape index (κ2) is 5.60. The van der Waals surface area contributed by atoms with Gasteiger partial charge in [-0.3, -0.25) is 0 Å². The van der Waals surface area contributed by atoms with Crippen molar-refractivity contribution in [3.63, 3.8) is 0 Å². The molecule has 0 radical (unpaired) electrons. The highest BCUT2D eigenvalue weighted by molar-refractivity contribution is 5.42. The first-order valence-corrected chi connectivity index (χ1v) is 7.01. The maximum absolute atomic E-state index is 6.22. The van der Waals surface area contributed by atoms with Gasteiger partial charge in [-0.25, -0.2) is 0 Å². The lowest BCUT2D eigenvalue weighted by Crippen LogP contribution is -2.42. The van der Waals surface area contributed by atoms with Crippen LogP contribution in [0.4, 0.5) is 0 Å². The molecule has 5 nitrogen and oxygen atoms in total. The molecule has 2 aliphatic heterocycles. The first-order valence-electron chi connectivity index (χ1n) is 7.01. The number of benzene rings is 1. The average Bonchev–Trinajstić information content (AvgIpc) is 2.90. The SMILES string of the molecule is COc1ccc(OC)c(C2COC3(CCNCC3)O2)c1. The highest BCUT2D eigenvalue weighted by Crippen LogP contribution is 2.42. The number of methoxy groups -OCH3 is 2. The van der Waals surface area contributed by atoms with E-state index >= 15 is 0 Å². The Bertz CT molecular complexity index is 471. The van der Waals surface area contributed by atoms with Gasteiger partial charge in [0.05, 0.1) is 20.8 Å². The van der Waals surface area contributed by atoms with Crippen LogP contribution >= 0.6 is 0 Å². The van der Waals surface area contributed by atoms with Crippen molar-refractivity contribution in [2.45, 2.75) is 24.7 Å². The summed E-state index contributed by atoms with van der Waals surface area (Å²) < 4.78 is 22.9. The Balaban J connectivity index is 1.82. The minimum atomic E-state index is -0.427. The standard InChI is InChI=1S/C15H21NO4/c1-17-11-3-4-13(18-2)12(9-11)14-10-19-15(20-14)5-7-16-8-6-15/h3-4,9,14,16H,5-8,10H2,1-2H3. The van der Waals surface area contributed by atoms with Gasteiger partial charge in [-0.1, -0.05) is 0 Å². The normalized spacial score (nSPS) is 24.8. The summed E-state index contributed by atoms with van der Waals surface area (Å²) in [6, 6.07) is 5.76. The second-order valence-electron chi connectivity index (χ2n) is 5.19. The fourth-order valence-corrected chi connectivity index (χ4v) is 2.87. The van der Waals surface area contributed by atoms with Crippen LogP contribution in [0.5, 0.6) is 11.5 Å². The molecular weight excluding hydrogens is 258 g/mol. The van der Waals surface area contributed by atoms with Gasteiger partial charge in [-0.05, 0) is 18.2 Å². The number of hydrogen-bond acceptors (Lipinski definition) is 5. The highest BCUT2D eigenvalue weighted by atomic mass is 16.7. The highest BCUT2D eigenvalue weighted by Gasteiger charge is 2.43. The van der Waals surface area contributed by atoms with Crippen LogP contribution in [0.2, 0.25) is 0 Å². The molecule has 3 rings (SSSR count). The van der Waals surface area contributed by atoms with Gasteiger partial charge in [-0.15, -0.1) is 0 Å². The van der Waals surface area contributed by atoms with Gasteiger partial charge < -0.3 is 24.3 Å². The van der Waals surface area contributed by atoms with E-state index < -0.39 is 5.79 Å². The van der Waals surface area contributed by atoms with Gasteiger partial charge in [0.1, 0.15) is 17.6 Å². The molecule has 1 unspecified atom stereocenters. The Labute approximate surface area is 119 Å². The molecule has 2 saturated heterocycles. The Kier molecular flexibility index (Phi) is 3.83. The fraction of sp³-hybridized carbons (Fsp3) is 0.600. The summed E-state index contributed by atoms with van der Waals surface area (Å²) in [7, 11) is 3.33. The summed E-state index contributed by atoms with van der Waals surface area (Å²) in [5, 5.41) is 3.33. The largest absolute Gasteiger partial charge is 0.497 e. The van der Waals surface area contributed by atoms with Crippen LogP contribution in [0.3, 0.4) is 0 Å². The van der Waals surface area contributed by atoms with Gasteiger partial charge in [0.25, 0.3) is 0 Å². The molecule has 2 heterocycles. The third-order valence-electron chi connectivity index (χ3n) is 4.00. The number of ether oxygens (including phenoxy) is 4. The van der Waals surface area contributed by atoms with E-state index in [2.05, 4.69) is 5.32 Å². The zero-order valence-electron chi connectivity index (χ0n) is 12.0. The van der Waals surface area contributed by atoms with Crippen molar-refractivity contribution in [1.29, 1.82) is 0 Å². The van der Waals surface area contributed by atoms with E-state index in [0.717, 1.165) is 43.0 Å². The summed E-state index contributed by atoms with van der Waals surface area (Å²) >= 11 is 0. The molecule has 0 aromatic heterocycles. The lowest BCUT2D eigenvalue weighted by atomic mass is 10.1. The molecule has 0 amide bonds. The maximum atomic E-state index is 6.22. The van der Waals surface area contributed by atoms with E-state index in [4.69, 9.17) is 18.9 Å². The van der Waals surface area contributed by atoms with Crippen LogP contribution in [-0.4, -0.2) is 39.7 Å². The molecule has 0 bridgehead atoms. The zero-order valence-corrected chi connectivity index (χ0v) is 12.0. The summed E-state index contributed by atoms with van der Waals surface area (Å²) in [4.78, 5) is 0. The van der Waals surface area contributed by atoms with E-state index in [1.165, 1.54) is 0 Å². The van der Waals surface area contributed by atoms with E-state index in [9.17, 15) is 0 Å². The third-order valence-corrected chi connectivity index (χ3v) is 4.00. The first-order chi connectivity index (χ1) is 9.76. The van der Waals surface area contributed by atoms with Gasteiger partial charge in [-0.2, -0.15) is 0 Å². The lowest BCUT2D eigenvalue weighted by Gasteiger charge is -2.32. The molecule has 110 valence electrons. The minimum absolute atomic E-state index is 0.0989. The van der Waals surface area contributed by atoms with Crippen molar-refractivity contribution in [3.05, 3.63) is 23.8 Å². The van der Waals surface area contributed by atoms with Gasteiger partial charge in [0.2, 0.25) is 0 Å². The summed E-state index contributed by atoms with van der Waals surface area (Å²) in [5.74, 6) is 1.19. The van der Waals surface area contributed by atoms with Gasteiger partial charge >= 0.3 is 0 Å². The van der Waals surface area contributed by atoms with Crippen molar-refractivity contribution in [1.82, 2.24) is 5.32 Å². The van der Waals surface area contributed by atoms with E-state index in [0.29, 0.717) is 6.61 Å². The molecule has 0 aliphatic carbocycles. The van der Waals surface area contributed by atoms with E-state index in [1.54, 1.807) is 14.2 Å². The molecule has 5 heteroatoms. The summed E-state index contributed by atoms with van der Waals surface area (Å²) in [6.07, 6.45) is 1.67. The van der Waals surface area contributed by atoms with Crippen molar-refractivity contribution < 1.29 is 18.9 Å². The molecule has 2 aliphatic rings. The monoisotopic (exact) mass is 279 g/mol. The van der Waals surface area contributed by atoms with Crippen LogP contribution in [0.25, 0.3) is 0 Å². The molecule has 0 saturated carbocycles. The quantitative estimate of drug-likeness (QED) is 0.915. The average molecular weight is 279 g/mol. The lowest BCUT2D eigenvalue weighted by molar-refractivity contribution is -0.183. The molecule has 1 aromatic rings. The van der Waals surface area contributed by atoms with E-state index in [1.807, 2.05) is 18.2 Å². The Morgan fingerprint density at radius 2 is 2.00 bits per heavy atom. The topological polar surface area (TPSA) is 49.0 Å². The van der Waals surface area contributed by atoms with Crippen LogP contribution in [0, 0.1) is 0 Å². The van der Waals surface area contributed by atoms with Crippen molar-refractivity contribution in [3.8, 4) is 11.5 Å². The van der Waals surface area contributed by atoms with Crippen LogP contribution in [-0.2, 0) is 9.47 Å². The molecule has 1 atom stereocenters. The van der Waals surface area contributed by atoms with Crippen LogP contribution in [0.1, 0.15) is 24.5 Å². The molecule has 20 heavy (non-hydrogen) atoms. The molecule has 1 spiro atoms. The molecular formula is C15H21NO4. The molecule has 1 aromatic carbocycles.